The smallest absolute Gasteiger partial charge is 0.337 e. The van der Waals surface area contributed by atoms with Crippen LogP contribution in [0.4, 0.5) is 0 Å². The Balaban J connectivity index is 1.73. The van der Waals surface area contributed by atoms with Crippen LogP contribution in [0.2, 0.25) is 0 Å². The molecular formula is C18H14N2O4. The van der Waals surface area contributed by atoms with Crippen LogP contribution in [0.1, 0.15) is 21.5 Å². The summed E-state index contributed by atoms with van der Waals surface area (Å²) < 4.78 is 5.60. The number of benzene rings is 1. The highest BCUT2D eigenvalue weighted by Gasteiger charge is 2.06. The highest BCUT2D eigenvalue weighted by molar-refractivity contribution is 5.87. The van der Waals surface area contributed by atoms with Gasteiger partial charge in [-0.05, 0) is 29.8 Å². The number of rotatable bonds is 5. The predicted molar refractivity (Wildman–Crippen MR) is 87.6 cm³/mol. The average molecular weight is 322 g/mol. The molecule has 2 N–H and O–H groups in total. The van der Waals surface area contributed by atoms with Gasteiger partial charge in [0, 0.05) is 24.4 Å². The highest BCUT2D eigenvalue weighted by Crippen LogP contribution is 2.22. The molecule has 1 aromatic carbocycles. The van der Waals surface area contributed by atoms with E-state index in [0.717, 1.165) is 5.56 Å². The zero-order valence-corrected chi connectivity index (χ0v) is 12.6. The Morgan fingerprint density at radius 2 is 1.92 bits per heavy atom. The molecular weight excluding hydrogens is 308 g/mol. The number of aromatic nitrogens is 2. The van der Waals surface area contributed by atoms with Gasteiger partial charge in [-0.25, -0.2) is 4.79 Å². The van der Waals surface area contributed by atoms with Crippen LogP contribution in [0.5, 0.6) is 11.5 Å². The van der Waals surface area contributed by atoms with E-state index in [1.807, 2.05) is 12.1 Å². The summed E-state index contributed by atoms with van der Waals surface area (Å²) in [5, 5.41) is 8.95. The van der Waals surface area contributed by atoms with E-state index >= 15 is 0 Å². The highest BCUT2D eigenvalue weighted by atomic mass is 16.5. The van der Waals surface area contributed by atoms with Gasteiger partial charge in [-0.2, -0.15) is 0 Å². The minimum Gasteiger partial charge on any atom is -0.478 e. The second kappa shape index (κ2) is 6.78. The molecule has 0 saturated carbocycles. The van der Waals surface area contributed by atoms with Gasteiger partial charge in [-0.15, -0.1) is 0 Å². The molecule has 0 bridgehead atoms. The second-order valence-electron chi connectivity index (χ2n) is 5.16. The maximum Gasteiger partial charge on any atom is 0.337 e. The first kappa shape index (κ1) is 15.5. The Hall–Kier alpha value is -3.41. The molecule has 0 atom stereocenters. The number of carboxylic acid groups (broad SMARTS) is 1. The molecule has 0 unspecified atom stereocenters. The minimum atomic E-state index is -1.06. The fourth-order valence-corrected chi connectivity index (χ4v) is 2.22. The van der Waals surface area contributed by atoms with E-state index in [-0.39, 0.29) is 11.1 Å². The van der Waals surface area contributed by atoms with Gasteiger partial charge in [0.15, 0.2) is 0 Å². The summed E-state index contributed by atoms with van der Waals surface area (Å²) in [6, 6.07) is 12.2. The van der Waals surface area contributed by atoms with E-state index in [4.69, 9.17) is 9.84 Å². The molecule has 24 heavy (non-hydrogen) atoms. The Kier molecular flexibility index (Phi) is 4.38. The van der Waals surface area contributed by atoms with Crippen molar-refractivity contribution in [3.63, 3.8) is 0 Å². The third-order valence-corrected chi connectivity index (χ3v) is 3.41. The van der Waals surface area contributed by atoms with Gasteiger partial charge in [-0.1, -0.05) is 18.2 Å². The maximum atomic E-state index is 11.7. The topological polar surface area (TPSA) is 92.3 Å². The number of hydrogen-bond acceptors (Lipinski definition) is 4. The lowest BCUT2D eigenvalue weighted by Crippen LogP contribution is -2.11. The molecule has 0 saturated heterocycles. The maximum absolute atomic E-state index is 11.7. The summed E-state index contributed by atoms with van der Waals surface area (Å²) in [7, 11) is 0. The van der Waals surface area contributed by atoms with Crippen LogP contribution < -0.4 is 10.3 Å². The number of aromatic amines is 1. The lowest BCUT2D eigenvalue weighted by atomic mass is 10.1. The van der Waals surface area contributed by atoms with Crippen LogP contribution in [-0.2, 0) is 6.42 Å². The summed E-state index contributed by atoms with van der Waals surface area (Å²) in [6.45, 7) is 0. The molecule has 0 aliphatic heterocycles. The minimum absolute atomic E-state index is 0.0624. The molecule has 2 heterocycles. The van der Waals surface area contributed by atoms with Crippen LogP contribution in [-0.4, -0.2) is 21.0 Å². The van der Waals surface area contributed by atoms with E-state index in [0.29, 0.717) is 23.5 Å². The zero-order valence-electron chi connectivity index (χ0n) is 12.6. The number of ether oxygens (including phenoxy) is 1. The Morgan fingerprint density at radius 1 is 1.12 bits per heavy atom. The van der Waals surface area contributed by atoms with E-state index in [1.54, 1.807) is 30.5 Å². The molecule has 3 rings (SSSR count). The molecule has 0 spiro atoms. The van der Waals surface area contributed by atoms with Crippen LogP contribution in [0.25, 0.3) is 0 Å². The van der Waals surface area contributed by atoms with Gasteiger partial charge in [0.1, 0.15) is 11.5 Å². The largest absolute Gasteiger partial charge is 0.478 e. The second-order valence-corrected chi connectivity index (χ2v) is 5.16. The van der Waals surface area contributed by atoms with Gasteiger partial charge < -0.3 is 14.8 Å². The summed E-state index contributed by atoms with van der Waals surface area (Å²) in [5.41, 5.74) is 1.61. The van der Waals surface area contributed by atoms with Crippen LogP contribution >= 0.6 is 0 Å². The summed E-state index contributed by atoms with van der Waals surface area (Å²) in [6.07, 6.45) is 4.83. The number of H-pyrrole nitrogens is 1. The molecule has 3 aromatic rings. The third-order valence-electron chi connectivity index (χ3n) is 3.41. The quantitative estimate of drug-likeness (QED) is 0.753. The molecule has 0 aliphatic rings. The van der Waals surface area contributed by atoms with E-state index in [1.165, 1.54) is 18.5 Å². The molecule has 0 radical (unpaired) electrons. The number of pyridine rings is 2. The Morgan fingerprint density at radius 3 is 2.62 bits per heavy atom. The van der Waals surface area contributed by atoms with Crippen molar-refractivity contribution in [2.45, 2.75) is 6.42 Å². The first-order chi connectivity index (χ1) is 11.6. The Bertz CT molecular complexity index is 917. The molecule has 0 aliphatic carbocycles. The van der Waals surface area contributed by atoms with Crippen LogP contribution in [0.3, 0.4) is 0 Å². The van der Waals surface area contributed by atoms with Gasteiger partial charge in [0.2, 0.25) is 0 Å². The molecule has 120 valence electrons. The SMILES string of the molecule is O=C(O)c1cncc(Oc2ccc(Cc3ccc[nH]c3=O)cc2)c1. The molecule has 2 aromatic heterocycles. The third kappa shape index (κ3) is 3.67. The molecule has 6 heteroatoms. The first-order valence-corrected chi connectivity index (χ1v) is 7.23. The number of carbonyl (C=O) groups is 1. The van der Waals surface area contributed by atoms with E-state index in [9.17, 15) is 9.59 Å². The van der Waals surface area contributed by atoms with E-state index in [2.05, 4.69) is 9.97 Å². The van der Waals surface area contributed by atoms with Gasteiger partial charge >= 0.3 is 5.97 Å². The van der Waals surface area contributed by atoms with Gasteiger partial charge in [-0.3, -0.25) is 9.78 Å². The lowest BCUT2D eigenvalue weighted by Gasteiger charge is -2.07. The number of hydrogen-bond donors (Lipinski definition) is 2. The summed E-state index contributed by atoms with van der Waals surface area (Å²) >= 11 is 0. The van der Waals surface area contributed by atoms with Gasteiger partial charge in [0.05, 0.1) is 11.8 Å². The first-order valence-electron chi connectivity index (χ1n) is 7.23. The zero-order chi connectivity index (χ0) is 16.9. The standard InChI is InChI=1S/C18H14N2O4/c21-17-13(2-1-7-20-17)8-12-3-5-15(6-4-12)24-16-9-14(18(22)23)10-19-11-16/h1-7,9-11H,8H2,(H,20,21)(H,22,23). The van der Waals surface area contributed by atoms with Crippen molar-refractivity contribution in [3.05, 3.63) is 88.1 Å². The fourth-order valence-electron chi connectivity index (χ4n) is 2.22. The summed E-state index contributed by atoms with van der Waals surface area (Å²) in [5.74, 6) is -0.149. The molecule has 0 fully saturated rings. The monoisotopic (exact) mass is 322 g/mol. The fraction of sp³-hybridized carbons (Fsp3) is 0.0556. The van der Waals surface area contributed by atoms with Crippen molar-refractivity contribution in [1.82, 2.24) is 9.97 Å². The number of aromatic carboxylic acids is 1. The van der Waals surface area contributed by atoms with Crippen molar-refractivity contribution >= 4 is 5.97 Å². The van der Waals surface area contributed by atoms with Gasteiger partial charge in [0.25, 0.3) is 5.56 Å². The van der Waals surface area contributed by atoms with Crippen molar-refractivity contribution in [3.8, 4) is 11.5 Å². The molecule has 6 nitrogen and oxygen atoms in total. The number of nitrogens with zero attached hydrogens (tertiary/aromatic N) is 1. The number of carboxylic acids is 1. The molecule has 0 amide bonds. The predicted octanol–water partition coefficient (Wildman–Crippen LogP) is 2.85. The van der Waals surface area contributed by atoms with E-state index < -0.39 is 5.97 Å². The average Bonchev–Trinajstić information content (AvgIpc) is 2.59. The van der Waals surface area contributed by atoms with Crippen molar-refractivity contribution in [2.24, 2.45) is 0 Å². The van der Waals surface area contributed by atoms with Crippen LogP contribution in [0.15, 0.2) is 65.8 Å². The van der Waals surface area contributed by atoms with Crippen molar-refractivity contribution in [2.75, 3.05) is 0 Å². The normalized spacial score (nSPS) is 10.3. The lowest BCUT2D eigenvalue weighted by molar-refractivity contribution is 0.0696. The number of nitrogens with one attached hydrogen (secondary N) is 1. The summed E-state index contributed by atoms with van der Waals surface area (Å²) in [4.78, 5) is 29.1. The van der Waals surface area contributed by atoms with Crippen molar-refractivity contribution < 1.29 is 14.6 Å². The van der Waals surface area contributed by atoms with Crippen LogP contribution in [0, 0.1) is 0 Å². The van der Waals surface area contributed by atoms with Crippen molar-refractivity contribution in [1.29, 1.82) is 0 Å². The Labute approximate surface area is 137 Å².